The van der Waals surface area contributed by atoms with E-state index in [1.54, 1.807) is 0 Å². The Morgan fingerprint density at radius 3 is 2.43 bits per heavy atom. The van der Waals surface area contributed by atoms with E-state index in [1.165, 1.54) is 5.56 Å². The fourth-order valence-electron chi connectivity index (χ4n) is 3.84. The van der Waals surface area contributed by atoms with Crippen molar-refractivity contribution >= 4 is 5.91 Å². The first kappa shape index (κ1) is 14.6. The first-order chi connectivity index (χ1) is 10.0. The molecule has 0 bridgehead atoms. The average molecular weight is 286 g/mol. The molecule has 0 unspecified atom stereocenters. The molecule has 0 N–H and O–H groups in total. The summed E-state index contributed by atoms with van der Waals surface area (Å²) in [6.07, 6.45) is 2.20. The number of hydrogen-bond acceptors (Lipinski definition) is 2. The number of nitrogens with zero attached hydrogens (tertiary/aromatic N) is 2. The minimum Gasteiger partial charge on any atom is -0.339 e. The minimum atomic E-state index is -0.0917. The topological polar surface area (TPSA) is 23.6 Å². The van der Waals surface area contributed by atoms with Gasteiger partial charge in [-0.1, -0.05) is 30.3 Å². The molecule has 3 nitrogen and oxygen atoms in total. The zero-order valence-electron chi connectivity index (χ0n) is 13.4. The fraction of sp³-hybridized carbons (Fsp3) is 0.611. The predicted molar refractivity (Wildman–Crippen MR) is 84.9 cm³/mol. The van der Waals surface area contributed by atoms with Gasteiger partial charge in [0.05, 0.1) is 5.41 Å². The lowest BCUT2D eigenvalue weighted by Gasteiger charge is -2.55. The summed E-state index contributed by atoms with van der Waals surface area (Å²) in [5, 5.41) is 0. The molecule has 0 aromatic heterocycles. The van der Waals surface area contributed by atoms with Crippen LogP contribution in [-0.4, -0.2) is 41.4 Å². The SMILES string of the molecule is CC(C)N1C[C@@]2(CCCN([C@@H](C)c3ccccc3)C2)C1=O. The number of benzene rings is 1. The molecule has 0 saturated carbocycles. The van der Waals surface area contributed by atoms with Crippen LogP contribution in [0, 0.1) is 5.41 Å². The number of carbonyl (C=O) groups is 1. The van der Waals surface area contributed by atoms with Crippen molar-refractivity contribution in [2.24, 2.45) is 5.41 Å². The first-order valence-corrected chi connectivity index (χ1v) is 8.13. The number of rotatable bonds is 3. The summed E-state index contributed by atoms with van der Waals surface area (Å²) in [6.45, 7) is 9.45. The van der Waals surface area contributed by atoms with Crippen molar-refractivity contribution < 1.29 is 4.79 Å². The van der Waals surface area contributed by atoms with Gasteiger partial charge in [0.25, 0.3) is 0 Å². The lowest BCUT2D eigenvalue weighted by Crippen LogP contribution is -2.68. The minimum absolute atomic E-state index is 0.0917. The van der Waals surface area contributed by atoms with E-state index in [2.05, 4.69) is 56.0 Å². The highest BCUT2D eigenvalue weighted by molar-refractivity contribution is 5.89. The molecule has 2 saturated heterocycles. The quantitative estimate of drug-likeness (QED) is 0.797. The van der Waals surface area contributed by atoms with E-state index in [1.807, 2.05) is 4.90 Å². The Bertz CT molecular complexity index is 513. The van der Waals surface area contributed by atoms with E-state index in [-0.39, 0.29) is 5.41 Å². The van der Waals surface area contributed by atoms with E-state index >= 15 is 0 Å². The summed E-state index contributed by atoms with van der Waals surface area (Å²) < 4.78 is 0. The number of amides is 1. The Morgan fingerprint density at radius 2 is 1.81 bits per heavy atom. The number of hydrogen-bond donors (Lipinski definition) is 0. The number of likely N-dealkylation sites (tertiary alicyclic amines) is 2. The van der Waals surface area contributed by atoms with Gasteiger partial charge in [0.1, 0.15) is 0 Å². The summed E-state index contributed by atoms with van der Waals surface area (Å²) in [5.41, 5.74) is 1.26. The molecule has 2 fully saturated rings. The Kier molecular flexibility index (Phi) is 3.78. The molecule has 2 heterocycles. The van der Waals surface area contributed by atoms with Gasteiger partial charge in [-0.15, -0.1) is 0 Å². The predicted octanol–water partition coefficient (Wildman–Crippen LogP) is 3.08. The Hall–Kier alpha value is -1.35. The molecule has 2 aliphatic rings. The highest BCUT2D eigenvalue weighted by Crippen LogP contribution is 2.43. The van der Waals surface area contributed by atoms with Gasteiger partial charge < -0.3 is 4.90 Å². The molecule has 114 valence electrons. The van der Waals surface area contributed by atoms with Gasteiger partial charge >= 0.3 is 0 Å². The van der Waals surface area contributed by atoms with Crippen LogP contribution in [0.3, 0.4) is 0 Å². The van der Waals surface area contributed by atoms with E-state index in [9.17, 15) is 4.79 Å². The fourth-order valence-corrected chi connectivity index (χ4v) is 3.84. The summed E-state index contributed by atoms with van der Waals surface area (Å²) in [6, 6.07) is 11.4. The molecule has 3 rings (SSSR count). The van der Waals surface area contributed by atoms with Crippen molar-refractivity contribution in [3.05, 3.63) is 35.9 Å². The number of piperidine rings is 1. The molecule has 1 aromatic carbocycles. The van der Waals surface area contributed by atoms with Crippen molar-refractivity contribution in [2.75, 3.05) is 19.6 Å². The van der Waals surface area contributed by atoms with Crippen LogP contribution in [0.1, 0.15) is 45.2 Å². The van der Waals surface area contributed by atoms with Crippen molar-refractivity contribution in [1.29, 1.82) is 0 Å². The highest BCUT2D eigenvalue weighted by atomic mass is 16.2. The molecule has 2 aliphatic heterocycles. The second-order valence-corrected chi connectivity index (χ2v) is 6.97. The first-order valence-electron chi connectivity index (χ1n) is 8.13. The maximum Gasteiger partial charge on any atom is 0.232 e. The third-order valence-corrected chi connectivity index (χ3v) is 5.25. The Balaban J connectivity index is 1.71. The molecule has 21 heavy (non-hydrogen) atoms. The zero-order chi connectivity index (χ0) is 15.0. The summed E-state index contributed by atoms with van der Waals surface area (Å²) in [4.78, 5) is 17.1. The third kappa shape index (κ3) is 2.48. The molecule has 1 amide bonds. The largest absolute Gasteiger partial charge is 0.339 e. The van der Waals surface area contributed by atoms with Crippen LogP contribution in [-0.2, 0) is 4.79 Å². The van der Waals surface area contributed by atoms with Crippen LogP contribution in [0.25, 0.3) is 0 Å². The third-order valence-electron chi connectivity index (χ3n) is 5.25. The summed E-state index contributed by atoms with van der Waals surface area (Å²) in [7, 11) is 0. The lowest BCUT2D eigenvalue weighted by molar-refractivity contribution is -0.170. The van der Waals surface area contributed by atoms with Gasteiger partial charge in [0.15, 0.2) is 0 Å². The van der Waals surface area contributed by atoms with Crippen molar-refractivity contribution in [3.8, 4) is 0 Å². The van der Waals surface area contributed by atoms with E-state index in [0.29, 0.717) is 18.0 Å². The number of β-lactam (4-membered cyclic amide) rings is 1. The lowest BCUT2D eigenvalue weighted by atomic mass is 9.71. The van der Waals surface area contributed by atoms with E-state index in [4.69, 9.17) is 0 Å². The molecule has 3 heteroatoms. The van der Waals surface area contributed by atoms with E-state index in [0.717, 1.165) is 32.5 Å². The average Bonchev–Trinajstić information content (AvgIpc) is 2.52. The maximum absolute atomic E-state index is 12.6. The van der Waals surface area contributed by atoms with Gasteiger partial charge in [-0.2, -0.15) is 0 Å². The van der Waals surface area contributed by atoms with Crippen LogP contribution in [0.4, 0.5) is 0 Å². The van der Waals surface area contributed by atoms with Gasteiger partial charge in [-0.05, 0) is 45.7 Å². The van der Waals surface area contributed by atoms with Gasteiger partial charge in [0, 0.05) is 25.2 Å². The molecular formula is C18H26N2O. The summed E-state index contributed by atoms with van der Waals surface area (Å²) in [5.74, 6) is 0.377. The molecule has 0 aliphatic carbocycles. The molecular weight excluding hydrogens is 260 g/mol. The monoisotopic (exact) mass is 286 g/mol. The summed E-state index contributed by atoms with van der Waals surface area (Å²) >= 11 is 0. The molecule has 0 radical (unpaired) electrons. The molecule has 1 aromatic rings. The van der Waals surface area contributed by atoms with Crippen LogP contribution in [0.2, 0.25) is 0 Å². The van der Waals surface area contributed by atoms with Crippen molar-refractivity contribution in [1.82, 2.24) is 9.80 Å². The van der Waals surface area contributed by atoms with Crippen LogP contribution < -0.4 is 0 Å². The van der Waals surface area contributed by atoms with Crippen LogP contribution >= 0.6 is 0 Å². The van der Waals surface area contributed by atoms with Gasteiger partial charge in [0.2, 0.25) is 5.91 Å². The van der Waals surface area contributed by atoms with Crippen LogP contribution in [0.5, 0.6) is 0 Å². The Morgan fingerprint density at radius 1 is 1.10 bits per heavy atom. The second-order valence-electron chi connectivity index (χ2n) is 6.97. The van der Waals surface area contributed by atoms with Crippen LogP contribution in [0.15, 0.2) is 30.3 Å². The molecule has 2 atom stereocenters. The van der Waals surface area contributed by atoms with Gasteiger partial charge in [-0.25, -0.2) is 0 Å². The van der Waals surface area contributed by atoms with Crippen molar-refractivity contribution in [3.63, 3.8) is 0 Å². The van der Waals surface area contributed by atoms with E-state index < -0.39 is 0 Å². The van der Waals surface area contributed by atoms with Gasteiger partial charge in [-0.3, -0.25) is 9.69 Å². The second kappa shape index (κ2) is 5.45. The smallest absolute Gasteiger partial charge is 0.232 e. The molecule has 1 spiro atoms. The van der Waals surface area contributed by atoms with Crippen molar-refractivity contribution in [2.45, 2.75) is 45.7 Å². The standard InChI is InChI=1S/C18H26N2O/c1-14(2)20-13-18(17(20)21)10-7-11-19(12-18)15(3)16-8-5-4-6-9-16/h4-6,8-9,14-15H,7,10-13H2,1-3H3/t15-,18-/m0/s1. The highest BCUT2D eigenvalue weighted by Gasteiger charge is 2.54. The maximum atomic E-state index is 12.6. The normalized spacial score (nSPS) is 28.0. The number of carbonyl (C=O) groups excluding carboxylic acids is 1. The Labute approximate surface area is 127 Å². The zero-order valence-corrected chi connectivity index (χ0v) is 13.4.